The first-order valence-corrected chi connectivity index (χ1v) is 6.24. The summed E-state index contributed by atoms with van der Waals surface area (Å²) in [4.78, 5) is 10.7. The average molecular weight is 236 g/mol. The van der Waals surface area contributed by atoms with E-state index in [0.717, 1.165) is 44.0 Å². The van der Waals surface area contributed by atoms with Crippen LogP contribution in [0.3, 0.4) is 0 Å². The second-order valence-electron chi connectivity index (χ2n) is 4.46. The van der Waals surface area contributed by atoms with E-state index in [9.17, 15) is 5.11 Å². The Morgan fingerprint density at radius 1 is 1.47 bits per heavy atom. The molecular weight excluding hydrogens is 216 g/mol. The second kappa shape index (κ2) is 5.93. The van der Waals surface area contributed by atoms with Crippen molar-refractivity contribution in [3.63, 3.8) is 0 Å². The van der Waals surface area contributed by atoms with Crippen LogP contribution in [0.4, 0.5) is 5.95 Å². The van der Waals surface area contributed by atoms with E-state index < -0.39 is 0 Å². The SMILES string of the molecule is CCCNCc1cnc(N2CCC(O)C2)nc1. The van der Waals surface area contributed by atoms with E-state index >= 15 is 0 Å². The van der Waals surface area contributed by atoms with Gasteiger partial charge in [0.05, 0.1) is 6.10 Å². The molecule has 0 bridgehead atoms. The molecule has 5 nitrogen and oxygen atoms in total. The summed E-state index contributed by atoms with van der Waals surface area (Å²) in [5, 5.41) is 12.8. The van der Waals surface area contributed by atoms with Crippen LogP contribution in [0.5, 0.6) is 0 Å². The number of aliphatic hydroxyl groups excluding tert-OH is 1. The minimum Gasteiger partial charge on any atom is -0.391 e. The van der Waals surface area contributed by atoms with Crippen LogP contribution in [0, 0.1) is 0 Å². The van der Waals surface area contributed by atoms with E-state index in [0.29, 0.717) is 6.54 Å². The summed E-state index contributed by atoms with van der Waals surface area (Å²) < 4.78 is 0. The van der Waals surface area contributed by atoms with Crippen LogP contribution in [0.15, 0.2) is 12.4 Å². The molecule has 0 saturated carbocycles. The maximum absolute atomic E-state index is 9.45. The number of anilines is 1. The van der Waals surface area contributed by atoms with Crippen molar-refractivity contribution in [3.05, 3.63) is 18.0 Å². The van der Waals surface area contributed by atoms with Crippen LogP contribution >= 0.6 is 0 Å². The van der Waals surface area contributed by atoms with Gasteiger partial charge in [-0.15, -0.1) is 0 Å². The highest BCUT2D eigenvalue weighted by atomic mass is 16.3. The molecule has 2 rings (SSSR count). The van der Waals surface area contributed by atoms with Crippen molar-refractivity contribution in [2.24, 2.45) is 0 Å². The summed E-state index contributed by atoms with van der Waals surface area (Å²) in [5.74, 6) is 0.723. The highest BCUT2D eigenvalue weighted by molar-refractivity contribution is 5.31. The van der Waals surface area contributed by atoms with E-state index in [4.69, 9.17) is 0 Å². The van der Waals surface area contributed by atoms with Gasteiger partial charge in [0, 0.05) is 37.6 Å². The van der Waals surface area contributed by atoms with Crippen molar-refractivity contribution in [3.8, 4) is 0 Å². The van der Waals surface area contributed by atoms with Crippen LogP contribution in [-0.4, -0.2) is 40.8 Å². The lowest BCUT2D eigenvalue weighted by Gasteiger charge is -2.15. The van der Waals surface area contributed by atoms with E-state index in [1.165, 1.54) is 0 Å². The predicted octanol–water partition coefficient (Wildman–Crippen LogP) is 0.547. The third kappa shape index (κ3) is 3.38. The quantitative estimate of drug-likeness (QED) is 0.731. The topological polar surface area (TPSA) is 61.3 Å². The van der Waals surface area contributed by atoms with Crippen LogP contribution < -0.4 is 10.2 Å². The third-order valence-corrected chi connectivity index (χ3v) is 2.89. The lowest BCUT2D eigenvalue weighted by atomic mass is 10.3. The summed E-state index contributed by atoms with van der Waals surface area (Å²) in [7, 11) is 0. The van der Waals surface area contributed by atoms with Crippen LogP contribution in [0.25, 0.3) is 0 Å². The zero-order valence-corrected chi connectivity index (χ0v) is 10.3. The molecule has 17 heavy (non-hydrogen) atoms. The van der Waals surface area contributed by atoms with Crippen LogP contribution in [0.2, 0.25) is 0 Å². The molecule has 0 amide bonds. The molecule has 1 fully saturated rings. The van der Waals surface area contributed by atoms with Gasteiger partial charge >= 0.3 is 0 Å². The fraction of sp³-hybridized carbons (Fsp3) is 0.667. The number of nitrogens with one attached hydrogen (secondary N) is 1. The summed E-state index contributed by atoms with van der Waals surface area (Å²) in [6, 6.07) is 0. The largest absolute Gasteiger partial charge is 0.391 e. The number of hydrogen-bond donors (Lipinski definition) is 2. The Balaban J connectivity index is 1.89. The van der Waals surface area contributed by atoms with Crippen molar-refractivity contribution < 1.29 is 5.11 Å². The molecule has 0 aliphatic carbocycles. The Morgan fingerprint density at radius 2 is 2.24 bits per heavy atom. The molecule has 5 heteroatoms. The van der Waals surface area contributed by atoms with E-state index in [-0.39, 0.29) is 6.10 Å². The lowest BCUT2D eigenvalue weighted by Crippen LogP contribution is -2.23. The molecule has 1 atom stereocenters. The molecule has 0 spiro atoms. The number of hydrogen-bond acceptors (Lipinski definition) is 5. The Morgan fingerprint density at radius 3 is 2.82 bits per heavy atom. The fourth-order valence-corrected chi connectivity index (χ4v) is 1.94. The molecule has 1 aliphatic heterocycles. The normalized spacial score (nSPS) is 19.9. The molecule has 2 heterocycles. The average Bonchev–Trinajstić information content (AvgIpc) is 2.77. The standard InChI is InChI=1S/C12H20N4O/c1-2-4-13-6-10-7-14-12(15-8-10)16-5-3-11(17)9-16/h7-8,11,13,17H,2-6,9H2,1H3. The van der Waals surface area contributed by atoms with Crippen LogP contribution in [-0.2, 0) is 6.54 Å². The first-order chi connectivity index (χ1) is 8.29. The summed E-state index contributed by atoms with van der Waals surface area (Å²) in [6.07, 6.45) is 5.42. The van der Waals surface area contributed by atoms with Crippen molar-refractivity contribution >= 4 is 5.95 Å². The van der Waals surface area contributed by atoms with Gasteiger partial charge in [-0.1, -0.05) is 6.92 Å². The van der Waals surface area contributed by atoms with Gasteiger partial charge in [-0.05, 0) is 19.4 Å². The molecule has 1 saturated heterocycles. The Kier molecular flexibility index (Phi) is 4.28. The highest BCUT2D eigenvalue weighted by Gasteiger charge is 2.21. The molecule has 1 aromatic rings. The molecular formula is C12H20N4O. The van der Waals surface area contributed by atoms with Crippen molar-refractivity contribution in [2.45, 2.75) is 32.4 Å². The smallest absolute Gasteiger partial charge is 0.225 e. The fourth-order valence-electron chi connectivity index (χ4n) is 1.94. The lowest BCUT2D eigenvalue weighted by molar-refractivity contribution is 0.198. The van der Waals surface area contributed by atoms with Crippen molar-refractivity contribution in [1.82, 2.24) is 15.3 Å². The molecule has 2 N–H and O–H groups in total. The van der Waals surface area contributed by atoms with Crippen molar-refractivity contribution in [2.75, 3.05) is 24.5 Å². The number of nitrogens with zero attached hydrogens (tertiary/aromatic N) is 3. The molecule has 94 valence electrons. The Hall–Kier alpha value is -1.20. The number of β-amino-alcohol motifs (C(OH)–C–C–N with tert-alkyl or cyclic N) is 1. The second-order valence-corrected chi connectivity index (χ2v) is 4.46. The van der Waals surface area contributed by atoms with Gasteiger partial charge in [-0.2, -0.15) is 0 Å². The van der Waals surface area contributed by atoms with Crippen LogP contribution in [0.1, 0.15) is 25.3 Å². The van der Waals surface area contributed by atoms with E-state index in [1.54, 1.807) is 0 Å². The Bertz CT molecular complexity index is 341. The predicted molar refractivity (Wildman–Crippen MR) is 66.9 cm³/mol. The number of rotatable bonds is 5. The van der Waals surface area contributed by atoms with Gasteiger partial charge in [0.15, 0.2) is 0 Å². The molecule has 1 aromatic heterocycles. The maximum atomic E-state index is 9.45. The molecule has 0 aromatic carbocycles. The molecule has 1 aliphatic rings. The molecule has 0 radical (unpaired) electrons. The van der Waals surface area contributed by atoms with Gasteiger partial charge in [-0.3, -0.25) is 0 Å². The minimum absolute atomic E-state index is 0.232. The first kappa shape index (κ1) is 12.3. The van der Waals surface area contributed by atoms with Gasteiger partial charge in [0.2, 0.25) is 5.95 Å². The van der Waals surface area contributed by atoms with Gasteiger partial charge < -0.3 is 15.3 Å². The van der Waals surface area contributed by atoms with E-state index in [2.05, 4.69) is 22.2 Å². The van der Waals surface area contributed by atoms with E-state index in [1.807, 2.05) is 17.3 Å². The first-order valence-electron chi connectivity index (χ1n) is 6.24. The number of aromatic nitrogens is 2. The van der Waals surface area contributed by atoms with Gasteiger partial charge in [0.1, 0.15) is 0 Å². The third-order valence-electron chi connectivity index (χ3n) is 2.89. The molecule has 1 unspecified atom stereocenters. The monoisotopic (exact) mass is 236 g/mol. The summed E-state index contributed by atoms with van der Waals surface area (Å²) in [6.45, 7) is 5.46. The van der Waals surface area contributed by atoms with Gasteiger partial charge in [0.25, 0.3) is 0 Å². The summed E-state index contributed by atoms with van der Waals surface area (Å²) in [5.41, 5.74) is 1.10. The zero-order chi connectivity index (χ0) is 12.1. The highest BCUT2D eigenvalue weighted by Crippen LogP contribution is 2.15. The maximum Gasteiger partial charge on any atom is 0.225 e. The minimum atomic E-state index is -0.232. The van der Waals surface area contributed by atoms with Gasteiger partial charge in [-0.25, -0.2) is 9.97 Å². The zero-order valence-electron chi connectivity index (χ0n) is 10.3. The van der Waals surface area contributed by atoms with Crippen molar-refractivity contribution in [1.29, 1.82) is 0 Å². The Labute approximate surface area is 102 Å². The number of aliphatic hydroxyl groups is 1. The summed E-state index contributed by atoms with van der Waals surface area (Å²) >= 11 is 0.